The van der Waals surface area contributed by atoms with Crippen LogP contribution < -0.4 is 10.1 Å². The number of hydrogen-bond acceptors (Lipinski definition) is 6. The van der Waals surface area contributed by atoms with Gasteiger partial charge in [0.2, 0.25) is 0 Å². The van der Waals surface area contributed by atoms with Gasteiger partial charge in [-0.1, -0.05) is 0 Å². The van der Waals surface area contributed by atoms with Gasteiger partial charge in [0, 0.05) is 5.56 Å². The molecule has 0 spiro atoms. The highest BCUT2D eigenvalue weighted by Gasteiger charge is 2.16. The molecule has 0 aliphatic carbocycles. The normalized spacial score (nSPS) is 11.5. The van der Waals surface area contributed by atoms with Gasteiger partial charge in [-0.05, 0) is 34.0 Å². The van der Waals surface area contributed by atoms with Crippen molar-refractivity contribution in [2.24, 2.45) is 0 Å². The van der Waals surface area contributed by atoms with Crippen LogP contribution >= 0.6 is 11.8 Å². The van der Waals surface area contributed by atoms with Crippen LogP contribution in [0.25, 0.3) is 5.52 Å². The predicted octanol–water partition coefficient (Wildman–Crippen LogP) is 2.66. The summed E-state index contributed by atoms with van der Waals surface area (Å²) in [6.45, 7) is 8.15. The zero-order chi connectivity index (χ0) is 17.0. The number of fused-ring (bicyclic) bond motifs is 1. The maximum Gasteiger partial charge on any atom is 0.407 e. The standard InChI is InChI=1S/C15H22N4O3S/c1-10-11(8-19-12(10)13(23-5)17-9-18-19)21-7-6-16-14(20)22-15(2,3)4/h8-9H,6-7H2,1-5H3,(H,16,20). The Labute approximate surface area is 139 Å². The van der Waals surface area contributed by atoms with Crippen LogP contribution in [0.4, 0.5) is 4.79 Å². The average Bonchev–Trinajstić information content (AvgIpc) is 2.78. The van der Waals surface area contributed by atoms with E-state index in [9.17, 15) is 4.79 Å². The van der Waals surface area contributed by atoms with Crippen LogP contribution in [0.15, 0.2) is 17.6 Å². The average molecular weight is 338 g/mol. The lowest BCUT2D eigenvalue weighted by molar-refractivity contribution is 0.0520. The molecule has 7 nitrogen and oxygen atoms in total. The number of aryl methyl sites for hydroxylation is 1. The summed E-state index contributed by atoms with van der Waals surface area (Å²) in [7, 11) is 0. The maximum absolute atomic E-state index is 11.5. The summed E-state index contributed by atoms with van der Waals surface area (Å²) in [5.41, 5.74) is 1.41. The lowest BCUT2D eigenvalue weighted by Crippen LogP contribution is -2.34. The molecular weight excluding hydrogens is 316 g/mol. The molecule has 8 heteroatoms. The van der Waals surface area contributed by atoms with Gasteiger partial charge in [0.1, 0.15) is 34.8 Å². The van der Waals surface area contributed by atoms with E-state index in [0.29, 0.717) is 13.2 Å². The molecule has 0 unspecified atom stereocenters. The van der Waals surface area contributed by atoms with Crippen molar-refractivity contribution >= 4 is 23.4 Å². The van der Waals surface area contributed by atoms with Gasteiger partial charge in [-0.15, -0.1) is 11.8 Å². The summed E-state index contributed by atoms with van der Waals surface area (Å²) >= 11 is 1.56. The molecule has 0 radical (unpaired) electrons. The van der Waals surface area contributed by atoms with Crippen LogP contribution in [0.1, 0.15) is 26.3 Å². The minimum absolute atomic E-state index is 0.346. The molecule has 23 heavy (non-hydrogen) atoms. The largest absolute Gasteiger partial charge is 0.490 e. The zero-order valence-electron chi connectivity index (χ0n) is 14.0. The highest BCUT2D eigenvalue weighted by atomic mass is 32.2. The Hall–Kier alpha value is -1.96. The van der Waals surface area contributed by atoms with Crippen molar-refractivity contribution in [1.29, 1.82) is 0 Å². The van der Waals surface area contributed by atoms with Gasteiger partial charge in [0.15, 0.2) is 0 Å². The molecule has 1 amide bonds. The Morgan fingerprint density at radius 1 is 1.43 bits per heavy atom. The molecule has 2 aromatic rings. The molecule has 0 saturated heterocycles. The second-order valence-corrected chi connectivity index (χ2v) is 6.75. The molecule has 0 aromatic carbocycles. The molecule has 0 aliphatic rings. The van der Waals surface area contributed by atoms with E-state index < -0.39 is 11.7 Å². The van der Waals surface area contributed by atoms with Gasteiger partial charge in [0.05, 0.1) is 12.7 Å². The van der Waals surface area contributed by atoms with Crippen LogP contribution in [-0.2, 0) is 4.74 Å². The fourth-order valence-electron chi connectivity index (χ4n) is 2.03. The fourth-order valence-corrected chi connectivity index (χ4v) is 2.62. The molecule has 1 N–H and O–H groups in total. The van der Waals surface area contributed by atoms with Crippen LogP contribution in [0.2, 0.25) is 0 Å². The maximum atomic E-state index is 11.5. The number of rotatable bonds is 5. The van der Waals surface area contributed by atoms with E-state index >= 15 is 0 Å². The molecule has 0 saturated carbocycles. The Morgan fingerprint density at radius 2 is 2.17 bits per heavy atom. The third kappa shape index (κ3) is 4.51. The number of carbonyl (C=O) groups excluding carboxylic acids is 1. The van der Waals surface area contributed by atoms with Crippen molar-refractivity contribution in [2.75, 3.05) is 19.4 Å². The van der Waals surface area contributed by atoms with E-state index in [4.69, 9.17) is 9.47 Å². The lowest BCUT2D eigenvalue weighted by atomic mass is 10.2. The SMILES string of the molecule is CSc1ncnn2cc(OCCNC(=O)OC(C)(C)C)c(C)c12. The molecule has 2 heterocycles. The minimum atomic E-state index is -0.505. The number of nitrogens with zero attached hydrogens (tertiary/aromatic N) is 3. The number of aromatic nitrogens is 3. The van der Waals surface area contributed by atoms with Crippen molar-refractivity contribution in [2.45, 2.75) is 38.3 Å². The van der Waals surface area contributed by atoms with E-state index in [1.807, 2.05) is 40.1 Å². The number of ether oxygens (including phenoxy) is 2. The topological polar surface area (TPSA) is 77.8 Å². The number of hydrogen-bond donors (Lipinski definition) is 1. The number of alkyl carbamates (subject to hydrolysis) is 1. The second kappa shape index (κ2) is 7.08. The third-order valence-corrected chi connectivity index (χ3v) is 3.65. The highest BCUT2D eigenvalue weighted by molar-refractivity contribution is 7.98. The first kappa shape index (κ1) is 17.4. The molecule has 0 atom stereocenters. The van der Waals surface area contributed by atoms with Crippen LogP contribution in [0.5, 0.6) is 5.75 Å². The van der Waals surface area contributed by atoms with Crippen molar-refractivity contribution < 1.29 is 14.3 Å². The highest BCUT2D eigenvalue weighted by Crippen LogP contribution is 2.29. The first-order valence-electron chi connectivity index (χ1n) is 7.28. The molecule has 0 fully saturated rings. The van der Waals surface area contributed by atoms with Gasteiger partial charge in [-0.3, -0.25) is 0 Å². The predicted molar refractivity (Wildman–Crippen MR) is 89.2 cm³/mol. The van der Waals surface area contributed by atoms with Gasteiger partial charge in [-0.25, -0.2) is 14.3 Å². The second-order valence-electron chi connectivity index (χ2n) is 5.96. The van der Waals surface area contributed by atoms with Crippen molar-refractivity contribution in [3.8, 4) is 5.75 Å². The molecule has 2 aromatic heterocycles. The Kier molecular flexibility index (Phi) is 5.35. The van der Waals surface area contributed by atoms with Crippen molar-refractivity contribution in [1.82, 2.24) is 19.9 Å². The van der Waals surface area contributed by atoms with E-state index in [2.05, 4.69) is 15.4 Å². The minimum Gasteiger partial charge on any atom is -0.490 e. The van der Waals surface area contributed by atoms with E-state index in [1.165, 1.54) is 6.33 Å². The van der Waals surface area contributed by atoms with Crippen LogP contribution in [0, 0.1) is 6.92 Å². The summed E-state index contributed by atoms with van der Waals surface area (Å²) in [4.78, 5) is 15.8. The van der Waals surface area contributed by atoms with E-state index in [-0.39, 0.29) is 0 Å². The molecule has 0 aliphatic heterocycles. The summed E-state index contributed by atoms with van der Waals surface area (Å²) in [5.74, 6) is 0.729. The smallest absolute Gasteiger partial charge is 0.407 e. The summed E-state index contributed by atoms with van der Waals surface area (Å²) in [6, 6.07) is 0. The number of amides is 1. The fraction of sp³-hybridized carbons (Fsp3) is 0.533. The van der Waals surface area contributed by atoms with Gasteiger partial charge in [-0.2, -0.15) is 5.10 Å². The van der Waals surface area contributed by atoms with E-state index in [1.54, 1.807) is 16.3 Å². The Morgan fingerprint density at radius 3 is 2.83 bits per heavy atom. The van der Waals surface area contributed by atoms with Gasteiger partial charge < -0.3 is 14.8 Å². The van der Waals surface area contributed by atoms with Gasteiger partial charge >= 0.3 is 6.09 Å². The van der Waals surface area contributed by atoms with Crippen LogP contribution in [-0.4, -0.2) is 45.7 Å². The molecule has 126 valence electrons. The number of nitrogens with one attached hydrogen (secondary N) is 1. The van der Waals surface area contributed by atoms with E-state index in [0.717, 1.165) is 21.9 Å². The number of thioether (sulfide) groups is 1. The lowest BCUT2D eigenvalue weighted by Gasteiger charge is -2.19. The molecule has 0 bridgehead atoms. The monoisotopic (exact) mass is 338 g/mol. The summed E-state index contributed by atoms with van der Waals surface area (Å²) in [6.07, 6.45) is 4.86. The molecular formula is C15H22N4O3S. The molecule has 2 rings (SSSR count). The van der Waals surface area contributed by atoms with Crippen LogP contribution in [0.3, 0.4) is 0 Å². The quantitative estimate of drug-likeness (QED) is 0.667. The Balaban J connectivity index is 1.93. The summed E-state index contributed by atoms with van der Waals surface area (Å²) in [5, 5.41) is 7.75. The van der Waals surface area contributed by atoms with Crippen molar-refractivity contribution in [3.05, 3.63) is 18.1 Å². The zero-order valence-corrected chi connectivity index (χ0v) is 14.9. The van der Waals surface area contributed by atoms with Gasteiger partial charge in [0.25, 0.3) is 0 Å². The first-order valence-corrected chi connectivity index (χ1v) is 8.51. The number of carbonyl (C=O) groups is 1. The Bertz CT molecular complexity index is 694. The van der Waals surface area contributed by atoms with Crippen molar-refractivity contribution in [3.63, 3.8) is 0 Å². The third-order valence-electron chi connectivity index (χ3n) is 2.97. The summed E-state index contributed by atoms with van der Waals surface area (Å²) < 4.78 is 12.6. The first-order chi connectivity index (χ1) is 10.8.